The van der Waals surface area contributed by atoms with Crippen molar-refractivity contribution in [3.05, 3.63) is 12.7 Å². The molecule has 0 aromatic carbocycles. The van der Waals surface area contributed by atoms with Gasteiger partial charge >= 0.3 is 0 Å². The molecule has 0 fully saturated rings. The van der Waals surface area contributed by atoms with Crippen LogP contribution in [0.3, 0.4) is 0 Å². The van der Waals surface area contributed by atoms with E-state index < -0.39 is 0 Å². The van der Waals surface area contributed by atoms with Gasteiger partial charge < -0.3 is 15.5 Å². The lowest BCUT2D eigenvalue weighted by Gasteiger charge is -2.15. The van der Waals surface area contributed by atoms with Crippen LogP contribution < -0.4 is 10.6 Å². The van der Waals surface area contributed by atoms with Gasteiger partial charge in [-0.15, -0.1) is 6.58 Å². The van der Waals surface area contributed by atoms with Crippen LogP contribution >= 0.6 is 0 Å². The molecule has 0 heterocycles. The van der Waals surface area contributed by atoms with E-state index in [1.165, 1.54) is 12.8 Å². The zero-order chi connectivity index (χ0) is 12.9. The average molecular weight is 240 g/mol. The summed E-state index contributed by atoms with van der Waals surface area (Å²) in [7, 11) is 2.15. The first-order chi connectivity index (χ1) is 8.24. The van der Waals surface area contributed by atoms with E-state index in [0.29, 0.717) is 0 Å². The minimum Gasteiger partial charge on any atom is -0.357 e. The van der Waals surface area contributed by atoms with Gasteiger partial charge in [0.25, 0.3) is 0 Å². The highest BCUT2D eigenvalue weighted by Gasteiger charge is 1.97. The molecule has 0 unspecified atom stereocenters. The van der Waals surface area contributed by atoms with Crippen LogP contribution in [0, 0.1) is 0 Å². The molecule has 0 bridgehead atoms. The molecule has 17 heavy (non-hydrogen) atoms. The lowest BCUT2D eigenvalue weighted by atomic mass is 10.3. The summed E-state index contributed by atoms with van der Waals surface area (Å²) in [6.45, 7) is 12.6. The smallest absolute Gasteiger partial charge is 0.191 e. The fourth-order valence-electron chi connectivity index (χ4n) is 1.38. The summed E-state index contributed by atoms with van der Waals surface area (Å²) >= 11 is 0. The van der Waals surface area contributed by atoms with Crippen LogP contribution in [0.2, 0.25) is 0 Å². The Kier molecular flexibility index (Phi) is 10.8. The summed E-state index contributed by atoms with van der Waals surface area (Å²) in [6.07, 6.45) is 4.34. The van der Waals surface area contributed by atoms with Crippen molar-refractivity contribution in [1.29, 1.82) is 0 Å². The van der Waals surface area contributed by atoms with Crippen molar-refractivity contribution in [2.75, 3.05) is 39.8 Å². The van der Waals surface area contributed by atoms with Gasteiger partial charge in [-0.25, -0.2) is 0 Å². The molecule has 4 nitrogen and oxygen atoms in total. The summed E-state index contributed by atoms with van der Waals surface area (Å²) in [5, 5.41) is 6.40. The molecular weight excluding hydrogens is 212 g/mol. The second-order valence-electron chi connectivity index (χ2n) is 4.09. The third kappa shape index (κ3) is 9.87. The van der Waals surface area contributed by atoms with Gasteiger partial charge in [0.1, 0.15) is 0 Å². The Morgan fingerprint density at radius 2 is 2.06 bits per heavy atom. The molecule has 0 aliphatic carbocycles. The number of rotatable bonds is 9. The molecule has 0 amide bonds. The summed E-state index contributed by atoms with van der Waals surface area (Å²) in [6, 6.07) is 0. The molecule has 4 heteroatoms. The number of guanidine groups is 1. The maximum Gasteiger partial charge on any atom is 0.191 e. The molecule has 0 aromatic heterocycles. The molecule has 0 aliphatic heterocycles. The minimum atomic E-state index is 0.748. The number of nitrogens with zero attached hydrogens (tertiary/aromatic N) is 2. The fourth-order valence-corrected chi connectivity index (χ4v) is 1.38. The third-order valence-electron chi connectivity index (χ3n) is 2.40. The van der Waals surface area contributed by atoms with Crippen molar-refractivity contribution < 1.29 is 0 Å². The summed E-state index contributed by atoms with van der Waals surface area (Å²) < 4.78 is 0. The lowest BCUT2D eigenvalue weighted by Crippen LogP contribution is -2.38. The fraction of sp³-hybridized carbons (Fsp3) is 0.769. The molecule has 0 rings (SSSR count). The first kappa shape index (κ1) is 16.0. The summed E-state index contributed by atoms with van der Waals surface area (Å²) in [5.74, 6) is 0.872. The van der Waals surface area contributed by atoms with Crippen LogP contribution in [0.25, 0.3) is 0 Å². The molecule has 100 valence electrons. The standard InChI is InChI=1S/C13H28N4/c1-5-8-11-17(4)12-10-16-13(14-7-3)15-9-6-2/h6H,2,5,7-12H2,1,3-4H3,(H2,14,15,16). The average Bonchev–Trinajstić information content (AvgIpc) is 2.33. The molecule has 2 N–H and O–H groups in total. The predicted octanol–water partition coefficient (Wildman–Crippen LogP) is 1.46. The van der Waals surface area contributed by atoms with Crippen LogP contribution in [0.4, 0.5) is 0 Å². The van der Waals surface area contributed by atoms with Gasteiger partial charge in [0.2, 0.25) is 0 Å². The van der Waals surface area contributed by atoms with Gasteiger partial charge in [-0.05, 0) is 26.9 Å². The highest BCUT2D eigenvalue weighted by molar-refractivity contribution is 5.79. The molecule has 0 aliphatic rings. The van der Waals surface area contributed by atoms with Crippen molar-refractivity contribution in [3.8, 4) is 0 Å². The lowest BCUT2D eigenvalue weighted by molar-refractivity contribution is 0.337. The maximum atomic E-state index is 4.50. The van der Waals surface area contributed by atoms with E-state index in [-0.39, 0.29) is 0 Å². The number of nitrogens with one attached hydrogen (secondary N) is 2. The third-order valence-corrected chi connectivity index (χ3v) is 2.40. The molecule has 0 radical (unpaired) electrons. The molecule has 0 spiro atoms. The monoisotopic (exact) mass is 240 g/mol. The van der Waals surface area contributed by atoms with Crippen molar-refractivity contribution in [3.63, 3.8) is 0 Å². The molecular formula is C13H28N4. The Labute approximate surface area is 106 Å². The zero-order valence-electron chi connectivity index (χ0n) is 11.6. The normalized spacial score (nSPS) is 11.6. The van der Waals surface area contributed by atoms with Gasteiger partial charge in [-0.3, -0.25) is 4.99 Å². The first-order valence-electron chi connectivity index (χ1n) is 6.56. The van der Waals surface area contributed by atoms with Crippen molar-refractivity contribution in [2.45, 2.75) is 26.7 Å². The molecule has 0 saturated heterocycles. The summed E-state index contributed by atoms with van der Waals surface area (Å²) in [5.41, 5.74) is 0. The topological polar surface area (TPSA) is 39.7 Å². The highest BCUT2D eigenvalue weighted by Crippen LogP contribution is 1.91. The largest absolute Gasteiger partial charge is 0.357 e. The molecule has 0 atom stereocenters. The van der Waals surface area contributed by atoms with E-state index in [2.05, 4.69) is 48.0 Å². The SMILES string of the molecule is C=CCNC(=NCCN(C)CCCC)NCC. The van der Waals surface area contributed by atoms with E-state index in [9.17, 15) is 0 Å². The minimum absolute atomic E-state index is 0.748. The van der Waals surface area contributed by atoms with Crippen molar-refractivity contribution in [2.24, 2.45) is 4.99 Å². The number of likely N-dealkylation sites (N-methyl/N-ethyl adjacent to an activating group) is 1. The van der Waals surface area contributed by atoms with Crippen molar-refractivity contribution in [1.82, 2.24) is 15.5 Å². The van der Waals surface area contributed by atoms with E-state index >= 15 is 0 Å². The number of hydrogen-bond acceptors (Lipinski definition) is 2. The molecule has 0 saturated carbocycles. The Bertz CT molecular complexity index is 213. The quantitative estimate of drug-likeness (QED) is 0.364. The summed E-state index contributed by atoms with van der Waals surface area (Å²) in [4.78, 5) is 6.83. The van der Waals surface area contributed by atoms with E-state index in [1.54, 1.807) is 0 Å². The van der Waals surface area contributed by atoms with Gasteiger partial charge in [0.05, 0.1) is 6.54 Å². The van der Waals surface area contributed by atoms with Crippen LogP contribution in [-0.4, -0.2) is 50.6 Å². The van der Waals surface area contributed by atoms with Crippen LogP contribution in [0.5, 0.6) is 0 Å². The van der Waals surface area contributed by atoms with Gasteiger partial charge in [0.15, 0.2) is 5.96 Å². The second-order valence-corrected chi connectivity index (χ2v) is 4.09. The van der Waals surface area contributed by atoms with E-state index in [0.717, 1.165) is 38.7 Å². The van der Waals surface area contributed by atoms with E-state index in [1.807, 2.05) is 6.08 Å². The Balaban J connectivity index is 3.84. The Morgan fingerprint density at radius 3 is 2.65 bits per heavy atom. The van der Waals surface area contributed by atoms with Gasteiger partial charge in [0, 0.05) is 19.6 Å². The number of hydrogen-bond donors (Lipinski definition) is 2. The van der Waals surface area contributed by atoms with E-state index in [4.69, 9.17) is 0 Å². The zero-order valence-corrected chi connectivity index (χ0v) is 11.6. The van der Waals surface area contributed by atoms with Crippen LogP contribution in [-0.2, 0) is 0 Å². The van der Waals surface area contributed by atoms with Crippen LogP contribution in [0.15, 0.2) is 17.6 Å². The van der Waals surface area contributed by atoms with Gasteiger partial charge in [-0.1, -0.05) is 19.4 Å². The second kappa shape index (κ2) is 11.5. The molecule has 0 aromatic rings. The van der Waals surface area contributed by atoms with Crippen LogP contribution in [0.1, 0.15) is 26.7 Å². The number of aliphatic imine (C=N–C) groups is 1. The Morgan fingerprint density at radius 1 is 1.29 bits per heavy atom. The Hall–Kier alpha value is -1.03. The number of unbranched alkanes of at least 4 members (excludes halogenated alkanes) is 1. The first-order valence-corrected chi connectivity index (χ1v) is 6.56. The predicted molar refractivity (Wildman–Crippen MR) is 76.6 cm³/mol. The van der Waals surface area contributed by atoms with Crippen molar-refractivity contribution >= 4 is 5.96 Å². The maximum absolute atomic E-state index is 4.50. The highest BCUT2D eigenvalue weighted by atomic mass is 15.2. The van der Waals surface area contributed by atoms with Gasteiger partial charge in [-0.2, -0.15) is 0 Å².